The molecule has 13 heavy (non-hydrogen) atoms. The van der Waals surface area contributed by atoms with Crippen LogP contribution in [0, 0.1) is 0 Å². The van der Waals surface area contributed by atoms with E-state index in [1.807, 2.05) is 0 Å². The largest absolute Gasteiger partial charge is 0.357 e. The minimum absolute atomic E-state index is 0.184. The van der Waals surface area contributed by atoms with Gasteiger partial charge in [0.15, 0.2) is 5.82 Å². The molecule has 1 aromatic rings. The van der Waals surface area contributed by atoms with E-state index in [1.54, 1.807) is 11.9 Å². The van der Waals surface area contributed by atoms with E-state index < -0.39 is 5.97 Å². The molecule has 4 N–H and O–H groups in total. The second kappa shape index (κ2) is 3.69. The van der Waals surface area contributed by atoms with Gasteiger partial charge in [0.05, 0.1) is 6.20 Å². The van der Waals surface area contributed by atoms with Crippen molar-refractivity contribution in [3.05, 3.63) is 6.20 Å². The average molecular weight is 188 g/mol. The molecule has 0 atom stereocenters. The Morgan fingerprint density at radius 3 is 2.69 bits per heavy atom. The van der Waals surface area contributed by atoms with E-state index in [4.69, 9.17) is 15.3 Å². The predicted molar refractivity (Wildman–Crippen MR) is 43.7 cm³/mol. The van der Waals surface area contributed by atoms with Crippen LogP contribution in [0.3, 0.4) is 0 Å². The Kier molecular flexibility index (Phi) is 2.81. The number of nitrogens with zero attached hydrogens (tertiary/aromatic N) is 3. The third kappa shape index (κ3) is 3.36. The van der Waals surface area contributed by atoms with Crippen LogP contribution in [-0.2, 0) is 0 Å². The van der Waals surface area contributed by atoms with E-state index in [-0.39, 0.29) is 13.0 Å². The number of hydrogen-bond acceptors (Lipinski definition) is 6. The molecule has 0 aromatic carbocycles. The normalized spacial score (nSPS) is 11.7. The summed E-state index contributed by atoms with van der Waals surface area (Å²) >= 11 is 0. The van der Waals surface area contributed by atoms with Crippen molar-refractivity contribution in [2.45, 2.75) is 12.4 Å². The van der Waals surface area contributed by atoms with Gasteiger partial charge < -0.3 is 20.2 Å². The maximum Gasteiger partial charge on any atom is 0.277 e. The van der Waals surface area contributed by atoms with Crippen LogP contribution < -0.4 is 4.90 Å². The molecule has 74 valence electrons. The fourth-order valence-electron chi connectivity index (χ4n) is 0.812. The molecule has 1 rings (SSSR count). The molecule has 0 unspecified atom stereocenters. The van der Waals surface area contributed by atoms with Crippen LogP contribution in [0.2, 0.25) is 0 Å². The van der Waals surface area contributed by atoms with Crippen molar-refractivity contribution in [2.75, 3.05) is 18.5 Å². The minimum atomic E-state index is -2.63. The molecule has 0 aliphatic carbocycles. The average Bonchev–Trinajstić information content (AvgIpc) is 2.50. The van der Waals surface area contributed by atoms with Gasteiger partial charge in [0.25, 0.3) is 5.97 Å². The van der Waals surface area contributed by atoms with Crippen LogP contribution in [0.5, 0.6) is 0 Å². The summed E-state index contributed by atoms with van der Waals surface area (Å²) < 4.78 is 0. The van der Waals surface area contributed by atoms with E-state index in [0.29, 0.717) is 5.82 Å². The first-order valence-electron chi connectivity index (χ1n) is 3.73. The van der Waals surface area contributed by atoms with E-state index >= 15 is 0 Å². The number of aromatic amines is 1. The molecule has 0 aliphatic heterocycles. The zero-order chi connectivity index (χ0) is 9.90. The van der Waals surface area contributed by atoms with Gasteiger partial charge in [0.1, 0.15) is 0 Å². The van der Waals surface area contributed by atoms with Crippen molar-refractivity contribution < 1.29 is 15.3 Å². The van der Waals surface area contributed by atoms with Crippen molar-refractivity contribution in [1.29, 1.82) is 0 Å². The lowest BCUT2D eigenvalue weighted by Gasteiger charge is -2.19. The quantitative estimate of drug-likeness (QED) is 0.418. The molecule has 0 aliphatic rings. The van der Waals surface area contributed by atoms with Crippen LogP contribution >= 0.6 is 0 Å². The number of nitrogens with one attached hydrogen (secondary N) is 1. The smallest absolute Gasteiger partial charge is 0.277 e. The number of rotatable bonds is 4. The molecule has 0 spiro atoms. The van der Waals surface area contributed by atoms with Gasteiger partial charge >= 0.3 is 0 Å². The Bertz CT molecular complexity index is 243. The molecule has 1 aromatic heterocycles. The molecule has 0 bridgehead atoms. The van der Waals surface area contributed by atoms with Crippen molar-refractivity contribution in [3.8, 4) is 0 Å². The summed E-state index contributed by atoms with van der Waals surface area (Å²) in [5.41, 5.74) is 0. The minimum Gasteiger partial charge on any atom is -0.357 e. The van der Waals surface area contributed by atoms with E-state index in [2.05, 4.69) is 15.4 Å². The van der Waals surface area contributed by atoms with Crippen molar-refractivity contribution in [2.24, 2.45) is 0 Å². The van der Waals surface area contributed by atoms with Gasteiger partial charge in [-0.25, -0.2) is 0 Å². The van der Waals surface area contributed by atoms with Crippen LogP contribution in [0.1, 0.15) is 6.42 Å². The van der Waals surface area contributed by atoms with Gasteiger partial charge in [-0.05, 0) is 0 Å². The second-order valence-electron chi connectivity index (χ2n) is 2.77. The Morgan fingerprint density at radius 1 is 1.54 bits per heavy atom. The fourth-order valence-corrected chi connectivity index (χ4v) is 0.812. The predicted octanol–water partition coefficient (Wildman–Crippen LogP) is -1.74. The van der Waals surface area contributed by atoms with Crippen LogP contribution in [0.4, 0.5) is 5.82 Å². The SMILES string of the molecule is CN(CCC(O)(O)O)c1cn[nH]n1. The van der Waals surface area contributed by atoms with Gasteiger partial charge in [-0.2, -0.15) is 10.3 Å². The monoisotopic (exact) mass is 188 g/mol. The van der Waals surface area contributed by atoms with Crippen molar-refractivity contribution >= 4 is 5.82 Å². The maximum absolute atomic E-state index is 8.60. The van der Waals surface area contributed by atoms with Gasteiger partial charge in [0.2, 0.25) is 0 Å². The van der Waals surface area contributed by atoms with Crippen LogP contribution in [0.15, 0.2) is 6.20 Å². The highest BCUT2D eigenvalue weighted by Gasteiger charge is 2.18. The Hall–Kier alpha value is -1.18. The van der Waals surface area contributed by atoms with Crippen molar-refractivity contribution in [3.63, 3.8) is 0 Å². The summed E-state index contributed by atoms with van der Waals surface area (Å²) in [6, 6.07) is 0. The number of aliphatic hydroxyl groups is 3. The lowest BCUT2D eigenvalue weighted by atomic mass is 10.3. The third-order valence-corrected chi connectivity index (χ3v) is 1.58. The molecule has 0 saturated carbocycles. The summed E-state index contributed by atoms with van der Waals surface area (Å²) in [5.74, 6) is -2.05. The molecular formula is C6H12N4O3. The first-order chi connectivity index (χ1) is 5.99. The summed E-state index contributed by atoms with van der Waals surface area (Å²) in [5, 5.41) is 35.6. The zero-order valence-corrected chi connectivity index (χ0v) is 7.17. The first kappa shape index (κ1) is 9.90. The maximum atomic E-state index is 8.60. The summed E-state index contributed by atoms with van der Waals surface area (Å²) in [7, 11) is 1.70. The van der Waals surface area contributed by atoms with Crippen LogP contribution in [0.25, 0.3) is 0 Å². The Labute approximate surface area is 74.6 Å². The van der Waals surface area contributed by atoms with Gasteiger partial charge in [-0.15, -0.1) is 5.10 Å². The molecule has 0 amide bonds. The lowest BCUT2D eigenvalue weighted by Crippen LogP contribution is -2.33. The fraction of sp³-hybridized carbons (Fsp3) is 0.667. The molecule has 1 heterocycles. The summed E-state index contributed by atoms with van der Waals surface area (Å²) in [6.07, 6.45) is 1.31. The van der Waals surface area contributed by atoms with E-state index in [1.165, 1.54) is 6.20 Å². The Morgan fingerprint density at radius 2 is 2.23 bits per heavy atom. The first-order valence-corrected chi connectivity index (χ1v) is 3.73. The lowest BCUT2D eigenvalue weighted by molar-refractivity contribution is -0.312. The Balaban J connectivity index is 2.39. The van der Waals surface area contributed by atoms with E-state index in [0.717, 1.165) is 0 Å². The number of aromatic nitrogens is 3. The summed E-state index contributed by atoms with van der Waals surface area (Å²) in [4.78, 5) is 1.63. The molecule has 0 saturated heterocycles. The topological polar surface area (TPSA) is 106 Å². The summed E-state index contributed by atoms with van der Waals surface area (Å²) in [6.45, 7) is 0.260. The molecule has 7 nitrogen and oxygen atoms in total. The third-order valence-electron chi connectivity index (χ3n) is 1.58. The van der Waals surface area contributed by atoms with Crippen molar-refractivity contribution in [1.82, 2.24) is 15.4 Å². The highest BCUT2D eigenvalue weighted by molar-refractivity contribution is 5.32. The highest BCUT2D eigenvalue weighted by Crippen LogP contribution is 2.07. The van der Waals surface area contributed by atoms with Gasteiger partial charge in [-0.1, -0.05) is 0 Å². The van der Waals surface area contributed by atoms with Crippen LogP contribution in [-0.4, -0.2) is 50.3 Å². The molecule has 0 radical (unpaired) electrons. The molecular weight excluding hydrogens is 176 g/mol. The second-order valence-corrected chi connectivity index (χ2v) is 2.77. The van der Waals surface area contributed by atoms with Gasteiger partial charge in [-0.3, -0.25) is 0 Å². The molecule has 7 heteroatoms. The number of anilines is 1. The molecule has 0 fully saturated rings. The number of H-pyrrole nitrogens is 1. The number of hydrogen-bond donors (Lipinski definition) is 4. The standard InChI is InChI=1S/C6H12N4O3/c1-10(3-2-6(11,12)13)5-4-7-9-8-5/h4,11-13H,2-3H2,1H3,(H,7,8,9). The van der Waals surface area contributed by atoms with E-state index in [9.17, 15) is 0 Å². The zero-order valence-electron chi connectivity index (χ0n) is 7.17. The van der Waals surface area contributed by atoms with Gasteiger partial charge in [0, 0.05) is 20.0 Å². The highest BCUT2D eigenvalue weighted by atomic mass is 16.7.